The molecule has 2 aliphatic rings. The first-order chi connectivity index (χ1) is 11.6. The fourth-order valence-electron chi connectivity index (χ4n) is 3.20. The van der Waals surface area contributed by atoms with Gasteiger partial charge in [0.2, 0.25) is 11.8 Å². The van der Waals surface area contributed by atoms with Crippen molar-refractivity contribution in [3.63, 3.8) is 0 Å². The summed E-state index contributed by atoms with van der Waals surface area (Å²) in [6, 6.07) is 8.24. The van der Waals surface area contributed by atoms with Gasteiger partial charge in [-0.1, -0.05) is 19.1 Å². The Morgan fingerprint density at radius 1 is 1.21 bits per heavy atom. The maximum atomic E-state index is 12.3. The van der Waals surface area contributed by atoms with Crippen molar-refractivity contribution in [2.45, 2.75) is 36.3 Å². The minimum atomic E-state index is -0.0862. The lowest BCUT2D eigenvalue weighted by Gasteiger charge is -2.24. The Balaban J connectivity index is 1.56. The van der Waals surface area contributed by atoms with E-state index in [4.69, 9.17) is 0 Å². The number of fused-ring (bicyclic) bond motifs is 1. The van der Waals surface area contributed by atoms with Crippen molar-refractivity contribution in [1.29, 1.82) is 0 Å². The fraction of sp³-hybridized carbons (Fsp3) is 0.556. The number of hydrogen-bond acceptors (Lipinski definition) is 4. The summed E-state index contributed by atoms with van der Waals surface area (Å²) in [5.41, 5.74) is 1.12. The molecule has 1 atom stereocenters. The summed E-state index contributed by atoms with van der Waals surface area (Å²) in [5, 5.41) is 3.33. The molecule has 1 fully saturated rings. The van der Waals surface area contributed by atoms with Crippen LogP contribution in [0.15, 0.2) is 29.2 Å². The number of benzene rings is 1. The number of anilines is 1. The van der Waals surface area contributed by atoms with Gasteiger partial charge >= 0.3 is 0 Å². The Morgan fingerprint density at radius 3 is 2.75 bits per heavy atom. The molecule has 24 heavy (non-hydrogen) atoms. The lowest BCUT2D eigenvalue weighted by molar-refractivity contribution is -0.131. The van der Waals surface area contributed by atoms with Crippen molar-refractivity contribution in [3.05, 3.63) is 24.3 Å². The van der Waals surface area contributed by atoms with Crippen LogP contribution in [0.1, 0.15) is 26.2 Å². The first-order valence-corrected chi connectivity index (χ1v) is 9.56. The highest BCUT2D eigenvalue weighted by molar-refractivity contribution is 8.00. The average molecular weight is 347 g/mol. The smallest absolute Gasteiger partial charge is 0.241 e. The van der Waals surface area contributed by atoms with Crippen LogP contribution in [0.5, 0.6) is 0 Å². The molecule has 1 aromatic carbocycles. The zero-order chi connectivity index (χ0) is 16.9. The molecule has 0 radical (unpaired) electrons. The molecule has 130 valence electrons. The maximum absolute atomic E-state index is 12.3. The Bertz CT molecular complexity index is 602. The Kier molecular flexibility index (Phi) is 5.66. The van der Waals surface area contributed by atoms with Crippen molar-refractivity contribution >= 4 is 29.3 Å². The number of amides is 2. The Labute approximate surface area is 147 Å². The Morgan fingerprint density at radius 2 is 1.96 bits per heavy atom. The normalized spacial score (nSPS) is 20.5. The summed E-state index contributed by atoms with van der Waals surface area (Å²) in [6.07, 6.45) is 3.18. The molecule has 0 aromatic heterocycles. The highest BCUT2D eigenvalue weighted by Crippen LogP contribution is 2.36. The summed E-state index contributed by atoms with van der Waals surface area (Å²) in [6.45, 7) is 5.14. The van der Waals surface area contributed by atoms with E-state index >= 15 is 0 Å². The molecular formula is C18H25N3O2S. The van der Waals surface area contributed by atoms with Crippen molar-refractivity contribution < 1.29 is 9.59 Å². The molecule has 5 nitrogen and oxygen atoms in total. The number of carbonyl (C=O) groups excluding carboxylic acids is 2. The molecule has 1 aromatic rings. The predicted molar refractivity (Wildman–Crippen MR) is 97.4 cm³/mol. The van der Waals surface area contributed by atoms with E-state index in [1.807, 2.05) is 28.8 Å². The molecule has 2 amide bonds. The third kappa shape index (κ3) is 4.23. The lowest BCUT2D eigenvalue weighted by Crippen LogP contribution is -2.43. The van der Waals surface area contributed by atoms with Crippen LogP contribution in [-0.2, 0) is 9.59 Å². The van der Waals surface area contributed by atoms with Gasteiger partial charge in [0, 0.05) is 29.8 Å². The first kappa shape index (κ1) is 17.1. The molecule has 1 saturated heterocycles. The SMILES string of the molecule is C[C@@H]1CCN(CC(=O)NCC(=O)N2CCCC2)c2ccccc2S1. The molecule has 0 aliphatic carbocycles. The van der Waals surface area contributed by atoms with Gasteiger partial charge in [0.1, 0.15) is 0 Å². The largest absolute Gasteiger partial charge is 0.361 e. The summed E-state index contributed by atoms with van der Waals surface area (Å²) >= 11 is 1.86. The van der Waals surface area contributed by atoms with Crippen LogP contribution >= 0.6 is 11.8 Å². The van der Waals surface area contributed by atoms with Crippen LogP contribution in [-0.4, -0.2) is 54.7 Å². The predicted octanol–water partition coefficient (Wildman–Crippen LogP) is 2.12. The van der Waals surface area contributed by atoms with Gasteiger partial charge in [-0.2, -0.15) is 0 Å². The van der Waals surface area contributed by atoms with E-state index in [-0.39, 0.29) is 18.4 Å². The van der Waals surface area contributed by atoms with Gasteiger partial charge in [-0.25, -0.2) is 0 Å². The van der Waals surface area contributed by atoms with E-state index in [9.17, 15) is 9.59 Å². The maximum Gasteiger partial charge on any atom is 0.241 e. The number of nitrogens with one attached hydrogen (secondary N) is 1. The van der Waals surface area contributed by atoms with E-state index in [1.54, 1.807) is 0 Å². The molecule has 0 unspecified atom stereocenters. The summed E-state index contributed by atoms with van der Waals surface area (Å²) in [5.74, 6) is -0.0572. The van der Waals surface area contributed by atoms with Crippen molar-refractivity contribution in [1.82, 2.24) is 10.2 Å². The fourth-order valence-corrected chi connectivity index (χ4v) is 4.33. The number of carbonyl (C=O) groups is 2. The second kappa shape index (κ2) is 7.92. The van der Waals surface area contributed by atoms with Gasteiger partial charge < -0.3 is 15.1 Å². The summed E-state index contributed by atoms with van der Waals surface area (Å²) in [4.78, 5) is 29.5. The quantitative estimate of drug-likeness (QED) is 0.906. The topological polar surface area (TPSA) is 52.7 Å². The van der Waals surface area contributed by atoms with Gasteiger partial charge in [0.15, 0.2) is 0 Å². The van der Waals surface area contributed by atoms with Crippen LogP contribution in [0.2, 0.25) is 0 Å². The van der Waals surface area contributed by atoms with Gasteiger partial charge in [-0.15, -0.1) is 11.8 Å². The molecule has 0 saturated carbocycles. The monoisotopic (exact) mass is 347 g/mol. The van der Waals surface area contributed by atoms with Crippen molar-refractivity contribution in [3.8, 4) is 0 Å². The van der Waals surface area contributed by atoms with E-state index in [2.05, 4.69) is 29.3 Å². The molecule has 2 aliphatic heterocycles. The number of thioether (sulfide) groups is 1. The zero-order valence-electron chi connectivity index (χ0n) is 14.2. The Hall–Kier alpha value is -1.69. The van der Waals surface area contributed by atoms with Gasteiger partial charge in [0.05, 0.1) is 18.8 Å². The number of rotatable bonds is 4. The van der Waals surface area contributed by atoms with Gasteiger partial charge in [-0.3, -0.25) is 9.59 Å². The molecule has 0 spiro atoms. The minimum absolute atomic E-state index is 0.0290. The van der Waals surface area contributed by atoms with E-state index in [0.717, 1.165) is 44.6 Å². The van der Waals surface area contributed by atoms with E-state index < -0.39 is 0 Å². The second-order valence-electron chi connectivity index (χ2n) is 6.47. The third-order valence-electron chi connectivity index (χ3n) is 4.57. The number of para-hydroxylation sites is 1. The zero-order valence-corrected chi connectivity index (χ0v) is 15.0. The highest BCUT2D eigenvalue weighted by atomic mass is 32.2. The number of likely N-dealkylation sites (tertiary alicyclic amines) is 1. The molecule has 1 N–H and O–H groups in total. The van der Waals surface area contributed by atoms with Crippen molar-refractivity contribution in [2.75, 3.05) is 37.6 Å². The van der Waals surface area contributed by atoms with E-state index in [0.29, 0.717) is 11.8 Å². The van der Waals surface area contributed by atoms with Crippen molar-refractivity contribution in [2.24, 2.45) is 0 Å². The second-order valence-corrected chi connectivity index (χ2v) is 7.95. The van der Waals surface area contributed by atoms with Crippen LogP contribution in [0.25, 0.3) is 0 Å². The van der Waals surface area contributed by atoms with Crippen LogP contribution in [0.4, 0.5) is 5.69 Å². The molecule has 0 bridgehead atoms. The summed E-state index contributed by atoms with van der Waals surface area (Å²) < 4.78 is 0. The van der Waals surface area contributed by atoms with Gasteiger partial charge in [0.25, 0.3) is 0 Å². The number of nitrogens with zero attached hydrogens (tertiary/aromatic N) is 2. The molecule has 3 rings (SSSR count). The molecular weight excluding hydrogens is 322 g/mol. The standard InChI is InChI=1S/C18H25N3O2S/c1-14-8-11-21(15-6-2-3-7-16(15)24-14)13-17(22)19-12-18(23)20-9-4-5-10-20/h2-3,6-7,14H,4-5,8-13H2,1H3,(H,19,22)/t14-/m1/s1. The van der Waals surface area contributed by atoms with Crippen LogP contribution in [0, 0.1) is 0 Å². The third-order valence-corrected chi connectivity index (χ3v) is 5.81. The van der Waals surface area contributed by atoms with Crippen LogP contribution < -0.4 is 10.2 Å². The van der Waals surface area contributed by atoms with Crippen LogP contribution in [0.3, 0.4) is 0 Å². The lowest BCUT2D eigenvalue weighted by atomic mass is 10.2. The number of hydrogen-bond donors (Lipinski definition) is 1. The van der Waals surface area contributed by atoms with Gasteiger partial charge in [-0.05, 0) is 31.4 Å². The first-order valence-electron chi connectivity index (χ1n) is 8.68. The molecule has 6 heteroatoms. The average Bonchev–Trinajstić information content (AvgIpc) is 3.06. The summed E-state index contributed by atoms with van der Waals surface area (Å²) in [7, 11) is 0. The minimum Gasteiger partial charge on any atom is -0.361 e. The van der Waals surface area contributed by atoms with E-state index in [1.165, 1.54) is 4.90 Å². The molecule has 2 heterocycles. The highest BCUT2D eigenvalue weighted by Gasteiger charge is 2.22.